The average molecular weight is 228 g/mol. The van der Waals surface area contributed by atoms with Crippen molar-refractivity contribution < 1.29 is 5.11 Å². The quantitative estimate of drug-likeness (QED) is 0.873. The van der Waals surface area contributed by atoms with Crippen molar-refractivity contribution in [2.24, 2.45) is 0 Å². The molecule has 2 aromatic rings. The Morgan fingerprint density at radius 1 is 1.12 bits per heavy atom. The third kappa shape index (κ3) is 3.11. The number of aliphatic hydroxyl groups is 1. The Bertz CT molecular complexity index is 483. The summed E-state index contributed by atoms with van der Waals surface area (Å²) in [4.78, 5) is 8.89. The van der Waals surface area contributed by atoms with Gasteiger partial charge in [-0.1, -0.05) is 30.3 Å². The third-order valence-electron chi connectivity index (χ3n) is 2.53. The predicted molar refractivity (Wildman–Crippen MR) is 67.6 cm³/mol. The molecule has 3 nitrogen and oxygen atoms in total. The molecule has 17 heavy (non-hydrogen) atoms. The number of benzene rings is 1. The fourth-order valence-electron chi connectivity index (χ4n) is 1.74. The van der Waals surface area contributed by atoms with Crippen LogP contribution in [0, 0.1) is 6.92 Å². The molecule has 0 atom stereocenters. The van der Waals surface area contributed by atoms with Gasteiger partial charge in [0, 0.05) is 24.3 Å². The van der Waals surface area contributed by atoms with E-state index in [9.17, 15) is 0 Å². The molecule has 0 saturated heterocycles. The van der Waals surface area contributed by atoms with Crippen LogP contribution in [-0.4, -0.2) is 21.7 Å². The second-order valence-electron chi connectivity index (χ2n) is 4.00. The highest BCUT2D eigenvalue weighted by Gasteiger charge is 2.04. The lowest BCUT2D eigenvalue weighted by atomic mass is 10.1. The third-order valence-corrected chi connectivity index (χ3v) is 2.53. The Hall–Kier alpha value is -1.74. The van der Waals surface area contributed by atoms with Gasteiger partial charge in [-0.3, -0.25) is 0 Å². The molecule has 0 aliphatic heterocycles. The summed E-state index contributed by atoms with van der Waals surface area (Å²) < 4.78 is 0. The lowest BCUT2D eigenvalue weighted by Gasteiger charge is -2.05. The largest absolute Gasteiger partial charge is 0.396 e. The summed E-state index contributed by atoms with van der Waals surface area (Å²) in [5.74, 6) is 0.804. The molecule has 0 aliphatic carbocycles. The first-order chi connectivity index (χ1) is 8.29. The zero-order valence-corrected chi connectivity index (χ0v) is 9.93. The van der Waals surface area contributed by atoms with E-state index in [4.69, 9.17) is 5.11 Å². The zero-order valence-electron chi connectivity index (χ0n) is 9.93. The first-order valence-corrected chi connectivity index (χ1v) is 5.80. The fourth-order valence-corrected chi connectivity index (χ4v) is 1.74. The van der Waals surface area contributed by atoms with Crippen LogP contribution in [0.1, 0.15) is 17.9 Å². The van der Waals surface area contributed by atoms with Crippen LogP contribution in [0.5, 0.6) is 0 Å². The molecular formula is C14H16N2O. The van der Waals surface area contributed by atoms with E-state index >= 15 is 0 Å². The molecule has 0 unspecified atom stereocenters. The molecule has 88 valence electrons. The van der Waals surface area contributed by atoms with Gasteiger partial charge in [0.15, 0.2) is 0 Å². The molecule has 1 heterocycles. The number of rotatable bonds is 4. The number of aliphatic hydroxyl groups excluding tert-OH is 1. The molecule has 0 amide bonds. The van der Waals surface area contributed by atoms with Crippen molar-refractivity contribution >= 4 is 0 Å². The molecule has 1 aromatic heterocycles. The number of aromatic nitrogens is 2. The number of nitrogens with zero attached hydrogens (tertiary/aromatic N) is 2. The van der Waals surface area contributed by atoms with Crippen molar-refractivity contribution in [3.8, 4) is 11.3 Å². The van der Waals surface area contributed by atoms with Gasteiger partial charge in [-0.05, 0) is 19.4 Å². The first kappa shape index (κ1) is 11.7. The highest BCUT2D eigenvalue weighted by atomic mass is 16.2. The van der Waals surface area contributed by atoms with Gasteiger partial charge in [0.1, 0.15) is 5.82 Å². The van der Waals surface area contributed by atoms with E-state index in [1.165, 1.54) is 0 Å². The van der Waals surface area contributed by atoms with E-state index in [0.717, 1.165) is 29.2 Å². The smallest absolute Gasteiger partial charge is 0.129 e. The van der Waals surface area contributed by atoms with E-state index in [1.54, 1.807) is 0 Å². The van der Waals surface area contributed by atoms with Crippen molar-refractivity contribution in [3.05, 3.63) is 47.9 Å². The van der Waals surface area contributed by atoms with E-state index < -0.39 is 0 Å². The van der Waals surface area contributed by atoms with Gasteiger partial charge in [-0.2, -0.15) is 0 Å². The maximum atomic E-state index is 8.83. The number of hydrogen-bond acceptors (Lipinski definition) is 3. The molecule has 0 fully saturated rings. The van der Waals surface area contributed by atoms with Crippen molar-refractivity contribution in [1.29, 1.82) is 0 Å². The number of aryl methyl sites for hydroxylation is 2. The Balaban J connectivity index is 2.32. The van der Waals surface area contributed by atoms with Gasteiger partial charge in [-0.15, -0.1) is 0 Å². The van der Waals surface area contributed by atoms with Crippen molar-refractivity contribution in [1.82, 2.24) is 9.97 Å². The van der Waals surface area contributed by atoms with Crippen LogP contribution in [0.3, 0.4) is 0 Å². The summed E-state index contributed by atoms with van der Waals surface area (Å²) in [6.45, 7) is 2.15. The van der Waals surface area contributed by atoms with Crippen molar-refractivity contribution in [2.75, 3.05) is 6.61 Å². The minimum Gasteiger partial charge on any atom is -0.396 e. The highest BCUT2D eigenvalue weighted by Crippen LogP contribution is 2.17. The summed E-state index contributed by atoms with van der Waals surface area (Å²) in [5, 5.41) is 8.83. The Labute approximate surface area is 101 Å². The first-order valence-electron chi connectivity index (χ1n) is 5.80. The Kier molecular flexibility index (Phi) is 3.83. The minimum atomic E-state index is 0.179. The van der Waals surface area contributed by atoms with Crippen LogP contribution >= 0.6 is 0 Å². The highest BCUT2D eigenvalue weighted by molar-refractivity contribution is 5.58. The second kappa shape index (κ2) is 5.55. The topological polar surface area (TPSA) is 46.0 Å². The summed E-state index contributed by atoms with van der Waals surface area (Å²) in [7, 11) is 0. The maximum absolute atomic E-state index is 8.83. The molecule has 0 saturated carbocycles. The lowest BCUT2D eigenvalue weighted by Crippen LogP contribution is -2.00. The van der Waals surface area contributed by atoms with Crippen LogP contribution in [0.4, 0.5) is 0 Å². The molecule has 2 rings (SSSR count). The Morgan fingerprint density at radius 2 is 1.88 bits per heavy atom. The molecule has 0 spiro atoms. The van der Waals surface area contributed by atoms with E-state index in [2.05, 4.69) is 9.97 Å². The summed E-state index contributed by atoms with van der Waals surface area (Å²) in [5.41, 5.74) is 3.01. The summed E-state index contributed by atoms with van der Waals surface area (Å²) in [6, 6.07) is 12.1. The van der Waals surface area contributed by atoms with Gasteiger partial charge in [-0.25, -0.2) is 9.97 Å². The van der Waals surface area contributed by atoms with E-state index in [1.807, 2.05) is 43.3 Å². The van der Waals surface area contributed by atoms with Crippen molar-refractivity contribution in [3.63, 3.8) is 0 Å². The van der Waals surface area contributed by atoms with Crippen LogP contribution < -0.4 is 0 Å². The van der Waals surface area contributed by atoms with Crippen LogP contribution in [0.25, 0.3) is 11.3 Å². The molecular weight excluding hydrogens is 212 g/mol. The fraction of sp³-hybridized carbons (Fsp3) is 0.286. The van der Waals surface area contributed by atoms with E-state index in [0.29, 0.717) is 6.42 Å². The van der Waals surface area contributed by atoms with E-state index in [-0.39, 0.29) is 6.61 Å². The normalized spacial score (nSPS) is 10.5. The molecule has 0 aliphatic rings. The van der Waals surface area contributed by atoms with Gasteiger partial charge >= 0.3 is 0 Å². The molecule has 0 radical (unpaired) electrons. The predicted octanol–water partition coefficient (Wildman–Crippen LogP) is 2.38. The molecule has 0 bridgehead atoms. The van der Waals surface area contributed by atoms with Gasteiger partial charge in [0.05, 0.1) is 5.69 Å². The van der Waals surface area contributed by atoms with Crippen LogP contribution in [0.15, 0.2) is 36.4 Å². The van der Waals surface area contributed by atoms with Gasteiger partial charge in [0.25, 0.3) is 0 Å². The van der Waals surface area contributed by atoms with Crippen LogP contribution in [0.2, 0.25) is 0 Å². The molecule has 1 N–H and O–H groups in total. The second-order valence-corrected chi connectivity index (χ2v) is 4.00. The zero-order chi connectivity index (χ0) is 12.1. The number of hydrogen-bond donors (Lipinski definition) is 1. The van der Waals surface area contributed by atoms with Gasteiger partial charge in [0.2, 0.25) is 0 Å². The SMILES string of the molecule is Cc1cc(-c2ccccc2)nc(CCCO)n1. The monoisotopic (exact) mass is 228 g/mol. The average Bonchev–Trinajstić information content (AvgIpc) is 2.37. The summed E-state index contributed by atoms with van der Waals surface area (Å²) in [6.07, 6.45) is 1.43. The van der Waals surface area contributed by atoms with Crippen LogP contribution in [-0.2, 0) is 6.42 Å². The van der Waals surface area contributed by atoms with Crippen molar-refractivity contribution in [2.45, 2.75) is 19.8 Å². The summed E-state index contributed by atoms with van der Waals surface area (Å²) >= 11 is 0. The molecule has 1 aromatic carbocycles. The van der Waals surface area contributed by atoms with Gasteiger partial charge < -0.3 is 5.11 Å². The Morgan fingerprint density at radius 3 is 2.59 bits per heavy atom. The maximum Gasteiger partial charge on any atom is 0.129 e. The molecule has 3 heteroatoms. The lowest BCUT2D eigenvalue weighted by molar-refractivity contribution is 0.287. The standard InChI is InChI=1S/C14H16N2O/c1-11-10-13(12-6-3-2-4-7-12)16-14(15-11)8-5-9-17/h2-4,6-7,10,17H,5,8-9H2,1H3. The minimum absolute atomic E-state index is 0.179.